The normalized spacial score (nSPS) is 23.3. The average Bonchev–Trinajstić information content (AvgIpc) is 2.97. The van der Waals surface area contributed by atoms with Crippen molar-refractivity contribution >= 4 is 29.1 Å². The summed E-state index contributed by atoms with van der Waals surface area (Å²) in [6, 6.07) is 5.92. The predicted molar refractivity (Wildman–Crippen MR) is 105 cm³/mol. The van der Waals surface area contributed by atoms with Gasteiger partial charge in [-0.25, -0.2) is 0 Å². The lowest BCUT2D eigenvalue weighted by Gasteiger charge is -2.32. The number of hydrogen-bond acceptors (Lipinski definition) is 2. The van der Waals surface area contributed by atoms with Crippen LogP contribution in [0.5, 0.6) is 0 Å². The molecule has 0 aromatic heterocycles. The van der Waals surface area contributed by atoms with E-state index in [0.717, 1.165) is 44.2 Å². The third-order valence-corrected chi connectivity index (χ3v) is 5.99. The maximum Gasteiger partial charge on any atom is 0.226 e. The Morgan fingerprint density at radius 1 is 1.31 bits per heavy atom. The van der Waals surface area contributed by atoms with E-state index in [0.29, 0.717) is 23.2 Å². The summed E-state index contributed by atoms with van der Waals surface area (Å²) in [4.78, 5) is 26.2. The molecule has 140 valence electrons. The van der Waals surface area contributed by atoms with Crippen LogP contribution >= 0.6 is 11.6 Å². The first kappa shape index (κ1) is 19.0. The predicted octanol–water partition coefficient (Wildman–Crippen LogP) is 4.58. The lowest BCUT2D eigenvalue weighted by atomic mass is 9.89. The molecule has 1 aromatic carbocycles. The van der Waals surface area contributed by atoms with Gasteiger partial charge in [-0.1, -0.05) is 29.3 Å². The topological polar surface area (TPSA) is 49.4 Å². The minimum Gasteiger partial charge on any atom is -0.339 e. The van der Waals surface area contributed by atoms with Crippen molar-refractivity contribution in [2.45, 2.75) is 58.4 Å². The van der Waals surface area contributed by atoms with Gasteiger partial charge >= 0.3 is 0 Å². The van der Waals surface area contributed by atoms with E-state index in [1.165, 1.54) is 12.5 Å². The van der Waals surface area contributed by atoms with Gasteiger partial charge in [-0.3, -0.25) is 9.59 Å². The Morgan fingerprint density at radius 3 is 2.65 bits per heavy atom. The third kappa shape index (κ3) is 4.29. The minimum absolute atomic E-state index is 0.0160. The number of anilines is 1. The number of halogens is 1. The average molecular weight is 375 g/mol. The van der Waals surface area contributed by atoms with Crippen molar-refractivity contribution in [3.05, 3.63) is 40.4 Å². The van der Waals surface area contributed by atoms with Crippen molar-refractivity contribution in [3.8, 4) is 0 Å². The number of carbonyl (C=O) groups is 2. The first-order valence-electron chi connectivity index (χ1n) is 9.48. The molecule has 1 N–H and O–H groups in total. The minimum atomic E-state index is -0.121. The molecule has 2 aliphatic rings. The fraction of sp³-hybridized carbons (Fsp3) is 0.524. The van der Waals surface area contributed by atoms with Crippen molar-refractivity contribution in [2.75, 3.05) is 11.9 Å². The van der Waals surface area contributed by atoms with E-state index >= 15 is 0 Å². The molecular weight excluding hydrogens is 348 g/mol. The van der Waals surface area contributed by atoms with Crippen molar-refractivity contribution in [1.82, 2.24) is 4.90 Å². The molecule has 1 saturated carbocycles. The van der Waals surface area contributed by atoms with Crippen LogP contribution in [-0.4, -0.2) is 29.3 Å². The Bertz CT molecular complexity index is 719. The fourth-order valence-corrected chi connectivity index (χ4v) is 4.41. The Kier molecular flexibility index (Phi) is 6.02. The monoisotopic (exact) mass is 374 g/mol. The molecular formula is C21H27ClN2O2. The number of allylic oxidation sites excluding steroid dienone is 2. The maximum absolute atomic E-state index is 12.9. The van der Waals surface area contributed by atoms with Gasteiger partial charge in [0.25, 0.3) is 0 Å². The lowest BCUT2D eigenvalue weighted by Crippen LogP contribution is -2.39. The summed E-state index contributed by atoms with van der Waals surface area (Å²) in [5.41, 5.74) is 3.18. The van der Waals surface area contributed by atoms with Crippen molar-refractivity contribution in [1.29, 1.82) is 0 Å². The molecule has 2 amide bonds. The molecule has 0 bridgehead atoms. The van der Waals surface area contributed by atoms with E-state index in [9.17, 15) is 9.59 Å². The van der Waals surface area contributed by atoms with Crippen LogP contribution in [0.2, 0.25) is 5.02 Å². The molecule has 5 heteroatoms. The highest BCUT2D eigenvalue weighted by Gasteiger charge is 2.36. The summed E-state index contributed by atoms with van der Waals surface area (Å²) in [5.74, 6) is 0.173. The number of nitrogens with one attached hydrogen (secondary N) is 1. The van der Waals surface area contributed by atoms with Gasteiger partial charge in [-0.05, 0) is 63.1 Å². The van der Waals surface area contributed by atoms with Crippen LogP contribution in [0.25, 0.3) is 0 Å². The fourth-order valence-electron chi connectivity index (χ4n) is 4.15. The first-order chi connectivity index (χ1) is 12.5. The zero-order valence-corrected chi connectivity index (χ0v) is 16.3. The van der Waals surface area contributed by atoms with E-state index in [4.69, 9.17) is 11.6 Å². The zero-order valence-electron chi connectivity index (χ0n) is 15.6. The van der Waals surface area contributed by atoms with Crippen molar-refractivity contribution in [3.63, 3.8) is 0 Å². The molecule has 4 nitrogen and oxygen atoms in total. The number of carbonyl (C=O) groups excluding carboxylic acids is 2. The molecule has 1 aliphatic carbocycles. The molecule has 0 radical (unpaired) electrons. The van der Waals surface area contributed by atoms with E-state index in [2.05, 4.69) is 23.2 Å². The second-order valence-corrected chi connectivity index (χ2v) is 7.79. The van der Waals surface area contributed by atoms with Crippen molar-refractivity contribution in [2.24, 2.45) is 5.92 Å². The molecule has 2 fully saturated rings. The Labute approximate surface area is 160 Å². The van der Waals surface area contributed by atoms with Gasteiger partial charge in [0.15, 0.2) is 0 Å². The second-order valence-electron chi connectivity index (χ2n) is 7.39. The molecule has 3 rings (SSSR count). The highest BCUT2D eigenvalue weighted by atomic mass is 35.5. The standard InChI is InChI=1S/C21H27ClN2O2/c1-3-15-4-8-19(9-5-15)24-11-10-17(21(24)26)12-16-6-7-18(13-20(16)22)23-14(2)25/h3,6-7,13,17,19H,4-5,8-12H2,1-2H3,(H,23,25). The van der Waals surface area contributed by atoms with Crippen LogP contribution in [0, 0.1) is 5.92 Å². The van der Waals surface area contributed by atoms with Gasteiger partial charge in [0.2, 0.25) is 11.8 Å². The number of rotatable bonds is 4. The number of hydrogen-bond donors (Lipinski definition) is 1. The summed E-state index contributed by atoms with van der Waals surface area (Å²) in [7, 11) is 0. The summed E-state index contributed by atoms with van der Waals surface area (Å²) >= 11 is 6.37. The van der Waals surface area contributed by atoms with Gasteiger partial charge in [0.05, 0.1) is 0 Å². The van der Waals surface area contributed by atoms with Gasteiger partial charge in [0.1, 0.15) is 0 Å². The van der Waals surface area contributed by atoms with Crippen LogP contribution in [0.4, 0.5) is 5.69 Å². The lowest BCUT2D eigenvalue weighted by molar-refractivity contribution is -0.133. The van der Waals surface area contributed by atoms with E-state index in [-0.39, 0.29) is 17.7 Å². The first-order valence-corrected chi connectivity index (χ1v) is 9.86. The Balaban J connectivity index is 1.61. The second kappa shape index (κ2) is 8.26. The Hall–Kier alpha value is -1.81. The number of amides is 2. The zero-order chi connectivity index (χ0) is 18.7. The molecule has 1 aromatic rings. The van der Waals surface area contributed by atoms with E-state index in [1.807, 2.05) is 12.1 Å². The SMILES string of the molecule is CC=C1CCC(N2CCC(Cc3ccc(NC(C)=O)cc3Cl)C2=O)CC1. The largest absolute Gasteiger partial charge is 0.339 e. The highest BCUT2D eigenvalue weighted by Crippen LogP contribution is 2.33. The quantitative estimate of drug-likeness (QED) is 0.784. The van der Waals surface area contributed by atoms with E-state index in [1.54, 1.807) is 6.07 Å². The molecule has 1 saturated heterocycles. The van der Waals surface area contributed by atoms with Crippen LogP contribution in [0.1, 0.15) is 51.5 Å². The summed E-state index contributed by atoms with van der Waals surface area (Å²) in [6.45, 7) is 4.44. The maximum atomic E-state index is 12.9. The summed E-state index contributed by atoms with van der Waals surface area (Å²) in [5, 5.41) is 3.34. The van der Waals surface area contributed by atoms with Crippen LogP contribution in [0.15, 0.2) is 29.8 Å². The molecule has 1 unspecified atom stereocenters. The number of benzene rings is 1. The molecule has 26 heavy (non-hydrogen) atoms. The van der Waals surface area contributed by atoms with Gasteiger partial charge in [0, 0.05) is 36.1 Å². The van der Waals surface area contributed by atoms with Gasteiger partial charge in [-0.2, -0.15) is 0 Å². The number of nitrogens with zero attached hydrogens (tertiary/aromatic N) is 1. The van der Waals surface area contributed by atoms with Crippen LogP contribution < -0.4 is 5.32 Å². The summed E-state index contributed by atoms with van der Waals surface area (Å²) < 4.78 is 0. The van der Waals surface area contributed by atoms with Gasteiger partial charge < -0.3 is 10.2 Å². The molecule has 1 heterocycles. The smallest absolute Gasteiger partial charge is 0.226 e. The van der Waals surface area contributed by atoms with Crippen LogP contribution in [-0.2, 0) is 16.0 Å². The molecule has 1 aliphatic heterocycles. The summed E-state index contributed by atoms with van der Waals surface area (Å²) in [6.07, 6.45) is 8.20. The van der Waals surface area contributed by atoms with Crippen LogP contribution in [0.3, 0.4) is 0 Å². The van der Waals surface area contributed by atoms with Gasteiger partial charge in [-0.15, -0.1) is 0 Å². The van der Waals surface area contributed by atoms with E-state index < -0.39 is 0 Å². The molecule has 1 atom stereocenters. The third-order valence-electron chi connectivity index (χ3n) is 5.64. The molecule has 0 spiro atoms. The van der Waals surface area contributed by atoms with Crippen molar-refractivity contribution < 1.29 is 9.59 Å². The number of likely N-dealkylation sites (tertiary alicyclic amines) is 1. The highest BCUT2D eigenvalue weighted by molar-refractivity contribution is 6.31. The Morgan fingerprint density at radius 2 is 2.04 bits per heavy atom.